The standard InChI is InChI=1S/C17H27BrN4O2Si.C14H17N7OS/c1-17(2,3)21-16(23)12-10-22(11-24-7-8-25(4,5)6)15-14(12)20-13(18)9-19-15;1-7-17-13(23-21-7)19-9-6-16-11-10(18-9)8(5-15-11)12(22)20-14(2,3)4/h9-10H,7-8,11H2,1-6H3,(H,21,23);5-6H,1-4H3,(H,15,16)(H,20,22)(H,17,18,19,21). The largest absolute Gasteiger partial charge is 0.361 e. The van der Waals surface area contributed by atoms with Crippen molar-refractivity contribution in [2.75, 3.05) is 11.9 Å². The Morgan fingerprint density at radius 1 is 0.958 bits per heavy atom. The zero-order valence-electron chi connectivity index (χ0n) is 29.1. The minimum atomic E-state index is -1.13. The molecule has 2 amide bonds. The number of amides is 2. The normalized spacial score (nSPS) is 12.1. The number of aromatic nitrogens is 8. The Morgan fingerprint density at radius 2 is 1.62 bits per heavy atom. The van der Waals surface area contributed by atoms with Gasteiger partial charge < -0.3 is 30.2 Å². The second-order valence-electron chi connectivity index (χ2n) is 14.6. The molecule has 5 aromatic heterocycles. The lowest BCUT2D eigenvalue weighted by molar-refractivity contribution is 0.0884. The fraction of sp³-hybridized carbons (Fsp3) is 0.484. The number of hydrogen-bond acceptors (Lipinski definition) is 11. The van der Waals surface area contributed by atoms with E-state index >= 15 is 0 Å². The number of nitrogens with one attached hydrogen (secondary N) is 4. The Labute approximate surface area is 293 Å². The Kier molecular flexibility index (Phi) is 11.4. The highest BCUT2D eigenvalue weighted by molar-refractivity contribution is 9.10. The van der Waals surface area contributed by atoms with Gasteiger partial charge in [0.25, 0.3) is 11.8 Å². The number of hydrogen-bond donors (Lipinski definition) is 4. The average molecular weight is 759 g/mol. The van der Waals surface area contributed by atoms with Crippen molar-refractivity contribution in [3.8, 4) is 0 Å². The first-order valence-corrected chi connectivity index (χ1v) is 20.7. The van der Waals surface area contributed by atoms with E-state index in [-0.39, 0.29) is 22.9 Å². The molecule has 5 aromatic rings. The molecule has 0 aliphatic carbocycles. The van der Waals surface area contributed by atoms with Crippen LogP contribution in [0.15, 0.2) is 29.4 Å². The van der Waals surface area contributed by atoms with Gasteiger partial charge in [-0.05, 0) is 70.4 Å². The fourth-order valence-electron chi connectivity index (χ4n) is 4.23. The minimum absolute atomic E-state index is 0.161. The van der Waals surface area contributed by atoms with E-state index < -0.39 is 8.07 Å². The molecular formula is C31H44BrN11O3SSi. The number of carbonyl (C=O) groups excluding carboxylic acids is 2. The summed E-state index contributed by atoms with van der Waals surface area (Å²) in [5, 5.41) is 9.57. The van der Waals surface area contributed by atoms with E-state index in [4.69, 9.17) is 4.74 Å². The van der Waals surface area contributed by atoms with Crippen LogP contribution in [0.25, 0.3) is 22.3 Å². The first-order chi connectivity index (χ1) is 22.3. The summed E-state index contributed by atoms with van der Waals surface area (Å²) < 4.78 is 12.4. The van der Waals surface area contributed by atoms with Crippen LogP contribution < -0.4 is 16.0 Å². The van der Waals surface area contributed by atoms with E-state index in [0.717, 1.165) is 6.04 Å². The van der Waals surface area contributed by atoms with Gasteiger partial charge in [-0.25, -0.2) is 24.9 Å². The summed E-state index contributed by atoms with van der Waals surface area (Å²) in [6.45, 7) is 21.5. The molecule has 0 aliphatic rings. The Morgan fingerprint density at radius 3 is 2.23 bits per heavy atom. The predicted octanol–water partition coefficient (Wildman–Crippen LogP) is 6.42. The van der Waals surface area contributed by atoms with Crippen molar-refractivity contribution < 1.29 is 14.3 Å². The highest BCUT2D eigenvalue weighted by Gasteiger charge is 2.23. The molecule has 0 fully saturated rings. The van der Waals surface area contributed by atoms with Gasteiger partial charge in [-0.15, -0.1) is 0 Å². The molecule has 5 heterocycles. The quantitative estimate of drug-likeness (QED) is 0.0969. The van der Waals surface area contributed by atoms with E-state index in [1.807, 2.05) is 53.0 Å². The van der Waals surface area contributed by atoms with E-state index in [2.05, 4.69) is 85.8 Å². The number of halogens is 1. The number of ether oxygens (including phenoxy) is 1. The molecule has 0 bridgehead atoms. The van der Waals surface area contributed by atoms with Gasteiger partial charge in [0.1, 0.15) is 28.2 Å². The maximum absolute atomic E-state index is 12.6. The highest BCUT2D eigenvalue weighted by atomic mass is 79.9. The van der Waals surface area contributed by atoms with Crippen LogP contribution >= 0.6 is 27.5 Å². The van der Waals surface area contributed by atoms with Crippen LogP contribution in [-0.2, 0) is 11.5 Å². The minimum Gasteiger partial charge on any atom is -0.361 e. The summed E-state index contributed by atoms with van der Waals surface area (Å²) in [4.78, 5) is 49.8. The second kappa shape index (κ2) is 14.8. The van der Waals surface area contributed by atoms with Crippen molar-refractivity contribution in [1.29, 1.82) is 0 Å². The summed E-state index contributed by atoms with van der Waals surface area (Å²) in [6.07, 6.45) is 6.60. The van der Waals surface area contributed by atoms with Crippen molar-refractivity contribution in [2.24, 2.45) is 0 Å². The number of H-pyrrole nitrogens is 1. The van der Waals surface area contributed by atoms with Gasteiger partial charge >= 0.3 is 0 Å². The van der Waals surface area contributed by atoms with Crippen LogP contribution in [0.4, 0.5) is 10.9 Å². The lowest BCUT2D eigenvalue weighted by Gasteiger charge is -2.20. The summed E-state index contributed by atoms with van der Waals surface area (Å²) in [5.41, 5.74) is 2.61. The first kappa shape index (κ1) is 37.0. The highest BCUT2D eigenvalue weighted by Crippen LogP contribution is 2.22. The average Bonchev–Trinajstić information content (AvgIpc) is 3.65. The molecule has 48 heavy (non-hydrogen) atoms. The number of fused-ring (bicyclic) bond motifs is 2. The van der Waals surface area contributed by atoms with Crippen LogP contribution in [-0.4, -0.2) is 76.4 Å². The molecule has 0 spiro atoms. The van der Waals surface area contributed by atoms with Crippen molar-refractivity contribution in [2.45, 2.75) is 92.0 Å². The summed E-state index contributed by atoms with van der Waals surface area (Å²) >= 11 is 4.57. The Bertz CT molecular complexity index is 1900. The fourth-order valence-corrected chi connectivity index (χ4v) is 5.85. The SMILES string of the molecule is CC(C)(C)NC(=O)c1cn(COCC[Si](C)(C)C)c2ncc(Br)nc12.Cc1nsc(Nc2cnc3[nH]cc(C(=O)NC(C)(C)C)c3n2)n1. The zero-order valence-corrected chi connectivity index (χ0v) is 32.5. The van der Waals surface area contributed by atoms with Crippen LogP contribution in [0.3, 0.4) is 0 Å². The number of anilines is 2. The van der Waals surface area contributed by atoms with Gasteiger partial charge in [0.05, 0.1) is 23.5 Å². The maximum atomic E-state index is 12.6. The van der Waals surface area contributed by atoms with Crippen molar-refractivity contribution in [3.05, 3.63) is 46.3 Å². The van der Waals surface area contributed by atoms with E-state index in [1.165, 1.54) is 11.5 Å². The number of rotatable bonds is 9. The molecule has 5 rings (SSSR count). The molecule has 0 aliphatic heterocycles. The Balaban J connectivity index is 0.000000217. The van der Waals surface area contributed by atoms with Crippen LogP contribution in [0.1, 0.15) is 68.1 Å². The predicted molar refractivity (Wildman–Crippen MR) is 196 cm³/mol. The number of nitrogens with zero attached hydrogens (tertiary/aromatic N) is 7. The maximum Gasteiger partial charge on any atom is 0.255 e. The number of carbonyl (C=O) groups is 2. The molecule has 0 saturated carbocycles. The third-order valence-electron chi connectivity index (χ3n) is 6.37. The van der Waals surface area contributed by atoms with Gasteiger partial charge in [-0.3, -0.25) is 9.59 Å². The van der Waals surface area contributed by atoms with Crippen LogP contribution in [0.2, 0.25) is 25.7 Å². The molecule has 0 atom stereocenters. The molecule has 17 heteroatoms. The van der Waals surface area contributed by atoms with Crippen molar-refractivity contribution >= 4 is 80.6 Å². The monoisotopic (exact) mass is 757 g/mol. The molecular weight excluding hydrogens is 714 g/mol. The van der Waals surface area contributed by atoms with Gasteiger partial charge in [-0.2, -0.15) is 4.37 Å². The molecule has 4 N–H and O–H groups in total. The third-order valence-corrected chi connectivity index (χ3v) is 9.18. The van der Waals surface area contributed by atoms with Crippen LogP contribution in [0, 0.1) is 6.92 Å². The zero-order chi connectivity index (χ0) is 35.4. The number of aryl methyl sites for hydroxylation is 1. The van der Waals surface area contributed by atoms with Crippen LogP contribution in [0.5, 0.6) is 0 Å². The Hall–Kier alpha value is -3.80. The summed E-state index contributed by atoms with van der Waals surface area (Å²) in [5.74, 6) is 0.851. The van der Waals surface area contributed by atoms with Gasteiger partial charge in [0.2, 0.25) is 5.13 Å². The molecule has 258 valence electrons. The van der Waals surface area contributed by atoms with Gasteiger partial charge in [0.15, 0.2) is 17.1 Å². The topological polar surface area (TPSA) is 178 Å². The lowest BCUT2D eigenvalue weighted by Crippen LogP contribution is -2.40. The second-order valence-corrected chi connectivity index (χ2v) is 21.7. The number of aromatic amines is 1. The molecule has 0 aromatic carbocycles. The molecule has 0 saturated heterocycles. The smallest absolute Gasteiger partial charge is 0.255 e. The van der Waals surface area contributed by atoms with Gasteiger partial charge in [-0.1, -0.05) is 19.6 Å². The molecule has 0 radical (unpaired) electrons. The lowest BCUT2D eigenvalue weighted by atomic mass is 10.1. The molecule has 14 nitrogen and oxygen atoms in total. The van der Waals surface area contributed by atoms with E-state index in [0.29, 0.717) is 68.2 Å². The summed E-state index contributed by atoms with van der Waals surface area (Å²) in [6, 6.07) is 1.10. The molecule has 0 unspecified atom stereocenters. The van der Waals surface area contributed by atoms with Gasteiger partial charge in [0, 0.05) is 49.7 Å². The third kappa shape index (κ3) is 10.6. The van der Waals surface area contributed by atoms with E-state index in [9.17, 15) is 9.59 Å². The summed E-state index contributed by atoms with van der Waals surface area (Å²) in [7, 11) is -1.13. The van der Waals surface area contributed by atoms with Crippen molar-refractivity contribution in [1.82, 2.24) is 49.5 Å². The first-order valence-electron chi connectivity index (χ1n) is 15.4. The van der Waals surface area contributed by atoms with E-state index in [1.54, 1.807) is 24.8 Å². The van der Waals surface area contributed by atoms with Crippen molar-refractivity contribution in [3.63, 3.8) is 0 Å².